The van der Waals surface area contributed by atoms with Crippen molar-refractivity contribution in [1.29, 1.82) is 0 Å². The zero-order chi connectivity index (χ0) is 21.5. The molecule has 9 heteroatoms. The Morgan fingerprint density at radius 1 is 1.17 bits per heavy atom. The molecular formula is C21H20N4O5. The van der Waals surface area contributed by atoms with Crippen molar-refractivity contribution < 1.29 is 19.4 Å². The van der Waals surface area contributed by atoms with Crippen LogP contribution in [0, 0.1) is 0 Å². The summed E-state index contributed by atoms with van der Waals surface area (Å²) >= 11 is 0. The predicted molar refractivity (Wildman–Crippen MR) is 111 cm³/mol. The van der Waals surface area contributed by atoms with Crippen molar-refractivity contribution in [2.24, 2.45) is 5.10 Å². The second-order valence-corrected chi connectivity index (χ2v) is 6.34. The number of hydrogen-bond donors (Lipinski definition) is 2. The normalized spacial score (nSPS) is 11.0. The predicted octanol–water partition coefficient (Wildman–Crippen LogP) is 2.03. The van der Waals surface area contributed by atoms with Gasteiger partial charge in [-0.3, -0.25) is 9.59 Å². The Kier molecular flexibility index (Phi) is 6.53. The van der Waals surface area contributed by atoms with Crippen molar-refractivity contribution in [2.75, 3.05) is 6.61 Å². The van der Waals surface area contributed by atoms with Gasteiger partial charge in [-0.1, -0.05) is 37.3 Å². The Labute approximate surface area is 171 Å². The van der Waals surface area contributed by atoms with Crippen LogP contribution in [0.4, 0.5) is 0 Å². The van der Waals surface area contributed by atoms with Gasteiger partial charge in [-0.15, -0.1) is 0 Å². The first kappa shape index (κ1) is 20.7. The second kappa shape index (κ2) is 9.46. The summed E-state index contributed by atoms with van der Waals surface area (Å²) in [6.45, 7) is 1.81. The fourth-order valence-corrected chi connectivity index (χ4v) is 2.84. The molecule has 0 radical (unpaired) electrons. The third kappa shape index (κ3) is 4.69. The van der Waals surface area contributed by atoms with E-state index in [4.69, 9.17) is 9.84 Å². The van der Waals surface area contributed by atoms with Crippen molar-refractivity contribution in [3.05, 3.63) is 70.1 Å². The van der Waals surface area contributed by atoms with E-state index in [1.54, 1.807) is 48.5 Å². The quantitative estimate of drug-likeness (QED) is 0.434. The number of aliphatic carboxylic acids is 1. The molecule has 0 saturated heterocycles. The highest BCUT2D eigenvalue weighted by Crippen LogP contribution is 2.16. The van der Waals surface area contributed by atoms with Crippen LogP contribution in [0.1, 0.15) is 29.4 Å². The average molecular weight is 408 g/mol. The standard InChI is InChI=1S/C21H20N4O5/c1-2-11-25-21(29)16-9-5-4-8-15(16)19(24-25)20(28)23-22-12-14-7-3-6-10-17(14)30-13-18(26)27/h3-10,12H,2,11,13H2,1H3,(H,23,28)(H,26,27)/b22-12+. The van der Waals surface area contributed by atoms with Gasteiger partial charge in [0.25, 0.3) is 11.5 Å². The maximum atomic E-state index is 12.7. The molecule has 0 fully saturated rings. The molecule has 154 valence electrons. The minimum absolute atomic E-state index is 0.0891. The highest BCUT2D eigenvalue weighted by molar-refractivity contribution is 6.05. The van der Waals surface area contributed by atoms with Crippen LogP contribution in [0.2, 0.25) is 0 Å². The van der Waals surface area contributed by atoms with Crippen LogP contribution in [0.5, 0.6) is 5.75 Å². The van der Waals surface area contributed by atoms with E-state index in [1.165, 1.54) is 10.9 Å². The Morgan fingerprint density at radius 2 is 1.87 bits per heavy atom. The third-order valence-corrected chi connectivity index (χ3v) is 4.16. The van der Waals surface area contributed by atoms with Crippen LogP contribution in [0.3, 0.4) is 0 Å². The summed E-state index contributed by atoms with van der Waals surface area (Å²) in [5.74, 6) is -1.36. The molecule has 0 spiro atoms. The summed E-state index contributed by atoms with van der Waals surface area (Å²) in [5.41, 5.74) is 2.73. The number of hydrazone groups is 1. The fourth-order valence-electron chi connectivity index (χ4n) is 2.84. The summed E-state index contributed by atoms with van der Waals surface area (Å²) in [6, 6.07) is 13.5. The molecule has 0 saturated carbocycles. The number of hydrogen-bond acceptors (Lipinski definition) is 6. The number of nitrogens with zero attached hydrogens (tertiary/aromatic N) is 3. The van der Waals surface area contributed by atoms with E-state index in [0.29, 0.717) is 35.1 Å². The number of carboxylic acid groups (broad SMARTS) is 1. The highest BCUT2D eigenvalue weighted by Gasteiger charge is 2.16. The largest absolute Gasteiger partial charge is 0.481 e. The van der Waals surface area contributed by atoms with Gasteiger partial charge in [-0.25, -0.2) is 14.9 Å². The summed E-state index contributed by atoms with van der Waals surface area (Å²) in [4.78, 5) is 35.9. The summed E-state index contributed by atoms with van der Waals surface area (Å²) in [7, 11) is 0. The molecule has 0 bridgehead atoms. The molecule has 2 N–H and O–H groups in total. The lowest BCUT2D eigenvalue weighted by Gasteiger charge is -2.09. The summed E-state index contributed by atoms with van der Waals surface area (Å²) in [5, 5.41) is 17.7. The van der Waals surface area contributed by atoms with E-state index in [0.717, 1.165) is 0 Å². The fraction of sp³-hybridized carbons (Fsp3) is 0.190. The Balaban J connectivity index is 1.85. The monoisotopic (exact) mass is 408 g/mol. The molecule has 1 amide bonds. The molecule has 1 aromatic heterocycles. The Hall–Kier alpha value is -4.01. The molecule has 3 rings (SSSR count). The van der Waals surface area contributed by atoms with E-state index in [9.17, 15) is 14.4 Å². The number of carboxylic acids is 1. The van der Waals surface area contributed by atoms with Crippen LogP contribution >= 0.6 is 0 Å². The molecule has 0 aliphatic heterocycles. The molecule has 2 aromatic carbocycles. The number of rotatable bonds is 8. The number of aryl methyl sites for hydroxylation is 1. The third-order valence-electron chi connectivity index (χ3n) is 4.16. The molecule has 1 heterocycles. The van der Waals surface area contributed by atoms with E-state index in [1.807, 2.05) is 6.92 Å². The Morgan fingerprint density at radius 3 is 2.60 bits per heavy atom. The lowest BCUT2D eigenvalue weighted by Crippen LogP contribution is -2.29. The molecule has 0 atom stereocenters. The SMILES string of the molecule is CCCn1nc(C(=O)N/N=C/c2ccccc2OCC(=O)O)c2ccccc2c1=O. The van der Waals surface area contributed by atoms with E-state index in [2.05, 4.69) is 15.6 Å². The van der Waals surface area contributed by atoms with E-state index >= 15 is 0 Å². The number of aromatic nitrogens is 2. The van der Waals surface area contributed by atoms with Gasteiger partial charge in [-0.05, 0) is 24.6 Å². The lowest BCUT2D eigenvalue weighted by molar-refractivity contribution is -0.139. The summed E-state index contributed by atoms with van der Waals surface area (Å²) < 4.78 is 6.47. The number of carbonyl (C=O) groups excluding carboxylic acids is 1. The van der Waals surface area contributed by atoms with Gasteiger partial charge in [-0.2, -0.15) is 10.2 Å². The number of nitrogens with one attached hydrogen (secondary N) is 1. The topological polar surface area (TPSA) is 123 Å². The van der Waals surface area contributed by atoms with Crippen LogP contribution in [0.15, 0.2) is 58.4 Å². The van der Waals surface area contributed by atoms with Gasteiger partial charge >= 0.3 is 5.97 Å². The van der Waals surface area contributed by atoms with E-state index < -0.39 is 18.5 Å². The Bertz CT molecular complexity index is 1170. The van der Waals surface area contributed by atoms with Gasteiger partial charge in [0.1, 0.15) is 5.75 Å². The zero-order valence-electron chi connectivity index (χ0n) is 16.2. The van der Waals surface area contributed by atoms with Crippen molar-refractivity contribution in [3.63, 3.8) is 0 Å². The molecule has 9 nitrogen and oxygen atoms in total. The van der Waals surface area contributed by atoms with E-state index in [-0.39, 0.29) is 11.3 Å². The zero-order valence-corrected chi connectivity index (χ0v) is 16.2. The number of ether oxygens (including phenoxy) is 1. The number of benzene rings is 2. The molecule has 0 aliphatic rings. The van der Waals surface area contributed by atoms with Crippen molar-refractivity contribution >= 4 is 28.9 Å². The average Bonchev–Trinajstić information content (AvgIpc) is 2.75. The van der Waals surface area contributed by atoms with Gasteiger partial charge < -0.3 is 9.84 Å². The lowest BCUT2D eigenvalue weighted by atomic mass is 10.1. The number of amides is 1. The van der Waals surface area contributed by atoms with Gasteiger partial charge in [0.2, 0.25) is 0 Å². The summed E-state index contributed by atoms with van der Waals surface area (Å²) in [6.07, 6.45) is 2.04. The number of para-hydroxylation sites is 1. The minimum Gasteiger partial charge on any atom is -0.481 e. The van der Waals surface area contributed by atoms with Crippen LogP contribution in [-0.4, -0.2) is 39.6 Å². The molecule has 30 heavy (non-hydrogen) atoms. The maximum Gasteiger partial charge on any atom is 0.341 e. The molecule has 3 aromatic rings. The van der Waals surface area contributed by atoms with Crippen molar-refractivity contribution in [1.82, 2.24) is 15.2 Å². The van der Waals surface area contributed by atoms with Crippen molar-refractivity contribution in [3.8, 4) is 5.75 Å². The first-order chi connectivity index (χ1) is 14.5. The van der Waals surface area contributed by atoms with Gasteiger partial charge in [0, 0.05) is 17.5 Å². The van der Waals surface area contributed by atoms with Gasteiger partial charge in [0.05, 0.1) is 11.6 Å². The van der Waals surface area contributed by atoms with Crippen LogP contribution in [-0.2, 0) is 11.3 Å². The maximum absolute atomic E-state index is 12.7. The second-order valence-electron chi connectivity index (χ2n) is 6.34. The molecule has 0 aliphatic carbocycles. The van der Waals surface area contributed by atoms with Crippen LogP contribution in [0.25, 0.3) is 10.8 Å². The van der Waals surface area contributed by atoms with Gasteiger partial charge in [0.15, 0.2) is 12.3 Å². The molecule has 0 unspecified atom stereocenters. The molecular weight excluding hydrogens is 388 g/mol. The smallest absolute Gasteiger partial charge is 0.341 e. The number of carbonyl (C=O) groups is 2. The number of fused-ring (bicyclic) bond motifs is 1. The highest BCUT2D eigenvalue weighted by atomic mass is 16.5. The minimum atomic E-state index is -1.10. The van der Waals surface area contributed by atoms with Crippen LogP contribution < -0.4 is 15.7 Å². The first-order valence-corrected chi connectivity index (χ1v) is 9.28. The van der Waals surface area contributed by atoms with Crippen molar-refractivity contribution in [2.45, 2.75) is 19.9 Å². The first-order valence-electron chi connectivity index (χ1n) is 9.28.